The van der Waals surface area contributed by atoms with Gasteiger partial charge in [-0.1, -0.05) is 0 Å². The fourth-order valence-corrected chi connectivity index (χ4v) is 3.40. The molecule has 9 nitrogen and oxygen atoms in total. The Labute approximate surface area is 159 Å². The van der Waals surface area contributed by atoms with E-state index in [1.165, 1.54) is 0 Å². The number of aromatic hydroxyl groups is 2. The van der Waals surface area contributed by atoms with Crippen LogP contribution in [0.25, 0.3) is 22.0 Å². The average molecular weight is 386 g/mol. The molecule has 0 saturated heterocycles. The number of nitrogens with zero attached hydrogens (tertiary/aromatic N) is 2. The molecular formula is C19H18N2O7. The maximum atomic E-state index is 9.87. The number of benzene rings is 2. The first-order valence-corrected chi connectivity index (χ1v) is 8.30. The van der Waals surface area contributed by atoms with Crippen LogP contribution < -0.4 is 14.0 Å². The van der Waals surface area contributed by atoms with Gasteiger partial charge in [0.1, 0.15) is 0 Å². The number of ether oxygens (including phenoxy) is 2. The van der Waals surface area contributed by atoms with Gasteiger partial charge in [0.15, 0.2) is 35.7 Å². The van der Waals surface area contributed by atoms with Crippen LogP contribution >= 0.6 is 0 Å². The maximum Gasteiger partial charge on any atom is 0.213 e. The SMILES string of the molecule is COc1ccc2cc3[n+](cc2c1OC)CCc1cc(O)c(O)cc1-3.O=[N+]([O-])[O-]. The summed E-state index contributed by atoms with van der Waals surface area (Å²) in [5, 5.41) is 36.4. The van der Waals surface area contributed by atoms with Gasteiger partial charge in [0.25, 0.3) is 0 Å². The number of aromatic nitrogens is 1. The molecule has 1 aliphatic rings. The van der Waals surface area contributed by atoms with E-state index < -0.39 is 5.09 Å². The lowest BCUT2D eigenvalue weighted by molar-refractivity contribution is -0.686. The molecule has 2 aromatic carbocycles. The molecule has 146 valence electrons. The standard InChI is InChI=1S/C19H17NO4.NO3/c1-23-18-4-3-11-7-15-13-9-17(22)16(21)8-12(13)5-6-20(15)10-14(11)19(18)24-2;2-1(3)4/h3-4,7-10,22H,5-6H2,1-2H3;/q;-1/p+1. The minimum Gasteiger partial charge on any atom is -0.504 e. The van der Waals surface area contributed by atoms with E-state index in [4.69, 9.17) is 24.8 Å². The number of fused-ring (bicyclic) bond motifs is 4. The summed E-state index contributed by atoms with van der Waals surface area (Å²) in [6.45, 7) is 0.794. The summed E-state index contributed by atoms with van der Waals surface area (Å²) in [4.78, 5) is 8.25. The second kappa shape index (κ2) is 7.47. The highest BCUT2D eigenvalue weighted by molar-refractivity contribution is 5.91. The van der Waals surface area contributed by atoms with Crippen molar-refractivity contribution in [2.45, 2.75) is 13.0 Å². The Morgan fingerprint density at radius 1 is 1.07 bits per heavy atom. The van der Waals surface area contributed by atoms with Crippen LogP contribution in [0.1, 0.15) is 5.56 Å². The van der Waals surface area contributed by atoms with Crippen LogP contribution in [-0.4, -0.2) is 29.5 Å². The molecule has 2 heterocycles. The van der Waals surface area contributed by atoms with Crippen molar-refractivity contribution >= 4 is 10.8 Å². The van der Waals surface area contributed by atoms with Crippen molar-refractivity contribution in [2.75, 3.05) is 14.2 Å². The summed E-state index contributed by atoms with van der Waals surface area (Å²) >= 11 is 0. The number of phenols is 2. The van der Waals surface area contributed by atoms with Crippen molar-refractivity contribution in [1.82, 2.24) is 0 Å². The highest BCUT2D eigenvalue weighted by Crippen LogP contribution is 2.39. The van der Waals surface area contributed by atoms with Gasteiger partial charge in [-0.15, -0.1) is 0 Å². The summed E-state index contributed by atoms with van der Waals surface area (Å²) in [5.41, 5.74) is 2.98. The first-order chi connectivity index (χ1) is 13.3. The van der Waals surface area contributed by atoms with Crippen LogP contribution in [0.5, 0.6) is 23.0 Å². The minimum atomic E-state index is -1.75. The molecule has 4 rings (SSSR count). The topological polar surface area (TPSA) is 129 Å². The van der Waals surface area contributed by atoms with E-state index in [0.717, 1.165) is 40.6 Å². The Balaban J connectivity index is 0.000000516. The molecule has 0 atom stereocenters. The highest BCUT2D eigenvalue weighted by atomic mass is 16.9. The molecular weight excluding hydrogens is 368 g/mol. The van der Waals surface area contributed by atoms with Crippen molar-refractivity contribution in [3.63, 3.8) is 0 Å². The highest BCUT2D eigenvalue weighted by Gasteiger charge is 2.26. The van der Waals surface area contributed by atoms with Gasteiger partial charge in [-0.3, -0.25) is 0 Å². The molecule has 2 N–H and O–H groups in total. The first kappa shape index (κ1) is 19.0. The van der Waals surface area contributed by atoms with Crippen LogP contribution in [0.4, 0.5) is 0 Å². The van der Waals surface area contributed by atoms with Gasteiger partial charge < -0.3 is 35.0 Å². The molecule has 1 aromatic heterocycles. The van der Waals surface area contributed by atoms with Gasteiger partial charge >= 0.3 is 0 Å². The van der Waals surface area contributed by atoms with Crippen LogP contribution in [0.15, 0.2) is 36.5 Å². The fraction of sp³-hybridized carbons (Fsp3) is 0.211. The first-order valence-electron chi connectivity index (χ1n) is 8.30. The molecule has 0 amide bonds. The van der Waals surface area contributed by atoms with E-state index in [1.807, 2.05) is 12.1 Å². The number of hydrogen-bond acceptors (Lipinski definition) is 7. The number of aryl methyl sites for hydroxylation is 2. The molecule has 9 heteroatoms. The minimum absolute atomic E-state index is 0.0746. The molecule has 0 unspecified atom stereocenters. The molecule has 0 fully saturated rings. The summed E-state index contributed by atoms with van der Waals surface area (Å²) in [6.07, 6.45) is 2.84. The van der Waals surface area contributed by atoms with Crippen LogP contribution in [0.2, 0.25) is 0 Å². The van der Waals surface area contributed by atoms with Gasteiger partial charge in [-0.2, -0.15) is 4.57 Å². The normalized spacial score (nSPS) is 11.6. The fourth-order valence-electron chi connectivity index (χ4n) is 3.40. The molecule has 0 radical (unpaired) electrons. The van der Waals surface area contributed by atoms with E-state index in [9.17, 15) is 10.2 Å². The number of hydrogen-bond donors (Lipinski definition) is 2. The van der Waals surface area contributed by atoms with Crippen molar-refractivity contribution in [3.05, 3.63) is 57.4 Å². The second-order valence-corrected chi connectivity index (χ2v) is 6.13. The summed E-state index contributed by atoms with van der Waals surface area (Å²) in [7, 11) is 3.26. The van der Waals surface area contributed by atoms with Gasteiger partial charge in [-0.25, -0.2) is 0 Å². The lowest BCUT2D eigenvalue weighted by Gasteiger charge is -2.17. The molecule has 0 bridgehead atoms. The van der Waals surface area contributed by atoms with Crippen molar-refractivity contribution in [3.8, 4) is 34.3 Å². The van der Waals surface area contributed by atoms with Gasteiger partial charge in [0, 0.05) is 12.5 Å². The summed E-state index contributed by atoms with van der Waals surface area (Å²) < 4.78 is 13.1. The third-order valence-corrected chi connectivity index (χ3v) is 4.60. The second-order valence-electron chi connectivity index (χ2n) is 6.13. The van der Waals surface area contributed by atoms with Crippen molar-refractivity contribution in [2.24, 2.45) is 0 Å². The van der Waals surface area contributed by atoms with E-state index >= 15 is 0 Å². The smallest absolute Gasteiger partial charge is 0.213 e. The Morgan fingerprint density at radius 2 is 1.75 bits per heavy atom. The van der Waals surface area contributed by atoms with E-state index in [2.05, 4.69) is 16.8 Å². The number of pyridine rings is 1. The Hall–Kier alpha value is -3.75. The van der Waals surface area contributed by atoms with Crippen LogP contribution in [-0.2, 0) is 13.0 Å². The Bertz CT molecular complexity index is 1060. The van der Waals surface area contributed by atoms with Gasteiger partial charge in [0.05, 0.1) is 30.3 Å². The van der Waals surface area contributed by atoms with Gasteiger partial charge in [0.2, 0.25) is 5.69 Å². The average Bonchev–Trinajstić information content (AvgIpc) is 2.66. The lowest BCUT2D eigenvalue weighted by atomic mass is 9.95. The third kappa shape index (κ3) is 3.41. The predicted molar refractivity (Wildman–Crippen MR) is 100 cm³/mol. The Kier molecular flexibility index (Phi) is 5.08. The third-order valence-electron chi connectivity index (χ3n) is 4.60. The summed E-state index contributed by atoms with van der Waals surface area (Å²) in [6, 6.07) is 9.23. The zero-order chi connectivity index (χ0) is 20.4. The molecule has 3 aromatic rings. The van der Waals surface area contributed by atoms with Crippen molar-refractivity contribution in [1.29, 1.82) is 0 Å². The van der Waals surface area contributed by atoms with E-state index in [-0.39, 0.29) is 11.5 Å². The van der Waals surface area contributed by atoms with Crippen LogP contribution in [0, 0.1) is 15.3 Å². The molecule has 0 aliphatic carbocycles. The van der Waals surface area contributed by atoms with Crippen LogP contribution in [0.3, 0.4) is 0 Å². The number of methoxy groups -OCH3 is 2. The predicted octanol–water partition coefficient (Wildman–Crippen LogP) is 2.54. The Morgan fingerprint density at radius 3 is 2.39 bits per heavy atom. The van der Waals surface area contributed by atoms with E-state index in [1.54, 1.807) is 26.4 Å². The zero-order valence-corrected chi connectivity index (χ0v) is 15.2. The lowest BCUT2D eigenvalue weighted by Crippen LogP contribution is -2.40. The van der Waals surface area contributed by atoms with Gasteiger partial charge in [-0.05, 0) is 35.2 Å². The number of phenolic OH excluding ortho intramolecular Hbond substituents is 2. The van der Waals surface area contributed by atoms with Crippen molar-refractivity contribution < 1.29 is 29.3 Å². The monoisotopic (exact) mass is 386 g/mol. The van der Waals surface area contributed by atoms with E-state index in [0.29, 0.717) is 11.5 Å². The molecule has 1 aliphatic heterocycles. The maximum absolute atomic E-state index is 9.87. The number of rotatable bonds is 2. The largest absolute Gasteiger partial charge is 0.504 e. The zero-order valence-electron chi connectivity index (χ0n) is 15.2. The summed E-state index contributed by atoms with van der Waals surface area (Å²) in [5.74, 6) is 1.23. The molecule has 0 spiro atoms. The quantitative estimate of drug-likeness (QED) is 0.300. The molecule has 0 saturated carbocycles. The molecule has 28 heavy (non-hydrogen) atoms.